The minimum Gasteiger partial charge on any atom is -0.475 e. The summed E-state index contributed by atoms with van der Waals surface area (Å²) in [5.74, 6) is 0.615. The van der Waals surface area contributed by atoms with Crippen molar-refractivity contribution in [3.8, 4) is 5.88 Å². The van der Waals surface area contributed by atoms with E-state index in [9.17, 15) is 0 Å². The van der Waals surface area contributed by atoms with Gasteiger partial charge in [0, 0.05) is 24.9 Å². The number of ether oxygens (including phenoxy) is 2. The Hall–Kier alpha value is -1.13. The molecule has 0 fully saturated rings. The molecule has 0 aliphatic carbocycles. The van der Waals surface area contributed by atoms with Crippen molar-refractivity contribution >= 4 is 0 Å². The maximum absolute atomic E-state index is 5.72. The predicted octanol–water partition coefficient (Wildman–Crippen LogP) is 1.91. The zero-order chi connectivity index (χ0) is 11.8. The molecule has 0 spiro atoms. The van der Waals surface area contributed by atoms with E-state index in [0.29, 0.717) is 19.1 Å². The second-order valence-electron chi connectivity index (χ2n) is 3.68. The van der Waals surface area contributed by atoms with E-state index in [2.05, 4.69) is 11.9 Å². The minimum atomic E-state index is 0.00874. The number of rotatable bonds is 7. The molecule has 1 atom stereocenters. The van der Waals surface area contributed by atoms with Gasteiger partial charge in [-0.1, -0.05) is 13.0 Å². The molecule has 2 N–H and O–H groups in total. The van der Waals surface area contributed by atoms with Crippen LogP contribution in [0.1, 0.15) is 31.9 Å². The van der Waals surface area contributed by atoms with Crippen molar-refractivity contribution < 1.29 is 9.47 Å². The molecule has 4 heteroatoms. The summed E-state index contributed by atoms with van der Waals surface area (Å²) in [6.45, 7) is 5.92. The maximum atomic E-state index is 5.72. The van der Waals surface area contributed by atoms with Crippen LogP contribution in [0.25, 0.3) is 0 Å². The first-order valence-electron chi connectivity index (χ1n) is 5.66. The summed E-state index contributed by atoms with van der Waals surface area (Å²) in [5, 5.41) is 0. The molecule has 1 rings (SSSR count). The number of hydrogen-bond donors (Lipinski definition) is 1. The van der Waals surface area contributed by atoms with Gasteiger partial charge in [0.25, 0.3) is 0 Å². The Kier molecular flexibility index (Phi) is 5.82. The lowest BCUT2D eigenvalue weighted by Crippen LogP contribution is -2.09. The highest BCUT2D eigenvalue weighted by Gasteiger charge is 2.00. The topological polar surface area (TPSA) is 57.4 Å². The molecule has 0 amide bonds. The molecule has 0 saturated heterocycles. The van der Waals surface area contributed by atoms with Crippen LogP contribution in [-0.4, -0.2) is 24.8 Å². The first-order chi connectivity index (χ1) is 7.74. The van der Waals surface area contributed by atoms with Gasteiger partial charge in [0.1, 0.15) is 6.61 Å². The fourth-order valence-corrected chi connectivity index (χ4v) is 1.20. The van der Waals surface area contributed by atoms with Gasteiger partial charge >= 0.3 is 0 Å². The Labute approximate surface area is 96.8 Å². The fraction of sp³-hybridized carbons (Fsp3) is 0.583. The molecular weight excluding hydrogens is 204 g/mol. The van der Waals surface area contributed by atoms with E-state index in [1.165, 1.54) is 0 Å². The highest BCUT2D eigenvalue weighted by molar-refractivity contribution is 5.19. The number of hydrogen-bond acceptors (Lipinski definition) is 4. The van der Waals surface area contributed by atoms with Gasteiger partial charge in [-0.3, -0.25) is 0 Å². The molecule has 90 valence electrons. The van der Waals surface area contributed by atoms with Crippen molar-refractivity contribution in [3.63, 3.8) is 0 Å². The van der Waals surface area contributed by atoms with E-state index in [0.717, 1.165) is 18.6 Å². The molecule has 0 aromatic carbocycles. The minimum absolute atomic E-state index is 0.00874. The zero-order valence-electron chi connectivity index (χ0n) is 9.98. The molecule has 0 bridgehead atoms. The van der Waals surface area contributed by atoms with Crippen LogP contribution in [0.5, 0.6) is 5.88 Å². The predicted molar refractivity (Wildman–Crippen MR) is 63.4 cm³/mol. The first-order valence-corrected chi connectivity index (χ1v) is 5.66. The monoisotopic (exact) mass is 224 g/mol. The van der Waals surface area contributed by atoms with Gasteiger partial charge in [-0.25, -0.2) is 4.98 Å². The molecule has 16 heavy (non-hydrogen) atoms. The lowest BCUT2D eigenvalue weighted by Gasteiger charge is -2.08. The van der Waals surface area contributed by atoms with Crippen LogP contribution in [-0.2, 0) is 4.74 Å². The number of nitrogens with two attached hydrogens (primary N) is 1. The Balaban J connectivity index is 2.27. The van der Waals surface area contributed by atoms with Gasteiger partial charge in [-0.05, 0) is 18.9 Å². The normalized spacial score (nSPS) is 12.4. The molecule has 1 heterocycles. The summed E-state index contributed by atoms with van der Waals surface area (Å²) in [7, 11) is 0. The van der Waals surface area contributed by atoms with Crippen molar-refractivity contribution in [1.82, 2.24) is 4.98 Å². The van der Waals surface area contributed by atoms with Gasteiger partial charge in [-0.2, -0.15) is 0 Å². The Morgan fingerprint density at radius 2 is 2.12 bits per heavy atom. The number of aromatic nitrogens is 1. The van der Waals surface area contributed by atoms with Crippen molar-refractivity contribution in [2.45, 2.75) is 26.3 Å². The summed E-state index contributed by atoms with van der Waals surface area (Å²) in [4.78, 5) is 4.16. The summed E-state index contributed by atoms with van der Waals surface area (Å²) >= 11 is 0. The summed E-state index contributed by atoms with van der Waals surface area (Å²) in [6, 6.07) is 3.77. The number of pyridine rings is 1. The molecule has 0 radical (unpaired) electrons. The van der Waals surface area contributed by atoms with Crippen LogP contribution in [0.4, 0.5) is 0 Å². The quantitative estimate of drug-likeness (QED) is 0.719. The highest BCUT2D eigenvalue weighted by atomic mass is 16.5. The van der Waals surface area contributed by atoms with Crippen LogP contribution in [0.15, 0.2) is 18.3 Å². The van der Waals surface area contributed by atoms with E-state index < -0.39 is 0 Å². The average Bonchev–Trinajstić information content (AvgIpc) is 2.29. The lowest BCUT2D eigenvalue weighted by atomic mass is 10.2. The van der Waals surface area contributed by atoms with Crippen molar-refractivity contribution in [2.75, 3.05) is 19.8 Å². The van der Waals surface area contributed by atoms with Gasteiger partial charge in [0.05, 0.1) is 6.61 Å². The molecule has 1 aromatic rings. The van der Waals surface area contributed by atoms with Crippen molar-refractivity contribution in [1.29, 1.82) is 0 Å². The summed E-state index contributed by atoms with van der Waals surface area (Å²) in [6.07, 6.45) is 2.77. The van der Waals surface area contributed by atoms with Gasteiger partial charge in [0.15, 0.2) is 0 Å². The SMILES string of the molecule is CCCOCCOc1ccc(C(C)N)cn1. The molecule has 0 aliphatic rings. The Bertz CT molecular complexity index is 286. The van der Waals surface area contributed by atoms with Gasteiger partial charge in [0.2, 0.25) is 5.88 Å². The van der Waals surface area contributed by atoms with Crippen molar-refractivity contribution in [3.05, 3.63) is 23.9 Å². The third-order valence-electron chi connectivity index (χ3n) is 2.11. The highest BCUT2D eigenvalue weighted by Crippen LogP contribution is 2.12. The van der Waals surface area contributed by atoms with Crippen LogP contribution in [0.2, 0.25) is 0 Å². The van der Waals surface area contributed by atoms with E-state index in [4.69, 9.17) is 15.2 Å². The molecule has 0 aliphatic heterocycles. The van der Waals surface area contributed by atoms with E-state index >= 15 is 0 Å². The third-order valence-corrected chi connectivity index (χ3v) is 2.11. The number of nitrogens with zero attached hydrogens (tertiary/aromatic N) is 1. The van der Waals surface area contributed by atoms with Gasteiger partial charge < -0.3 is 15.2 Å². The Morgan fingerprint density at radius 3 is 2.69 bits per heavy atom. The van der Waals surface area contributed by atoms with Crippen molar-refractivity contribution in [2.24, 2.45) is 5.73 Å². The standard InChI is InChI=1S/C12H20N2O2/c1-3-6-15-7-8-16-12-5-4-11(9-14-12)10(2)13/h4-5,9-10H,3,6-8,13H2,1-2H3. The molecular formula is C12H20N2O2. The largest absolute Gasteiger partial charge is 0.475 e. The molecule has 0 saturated carbocycles. The summed E-state index contributed by atoms with van der Waals surface area (Å²) in [5.41, 5.74) is 6.73. The zero-order valence-corrected chi connectivity index (χ0v) is 9.98. The molecule has 1 unspecified atom stereocenters. The lowest BCUT2D eigenvalue weighted by molar-refractivity contribution is 0.0990. The second kappa shape index (κ2) is 7.19. The van der Waals surface area contributed by atoms with Crippen LogP contribution >= 0.6 is 0 Å². The van der Waals surface area contributed by atoms with E-state index in [1.54, 1.807) is 6.20 Å². The maximum Gasteiger partial charge on any atom is 0.213 e. The third kappa shape index (κ3) is 4.59. The smallest absolute Gasteiger partial charge is 0.213 e. The van der Waals surface area contributed by atoms with E-state index in [1.807, 2.05) is 19.1 Å². The average molecular weight is 224 g/mol. The second-order valence-corrected chi connectivity index (χ2v) is 3.68. The fourth-order valence-electron chi connectivity index (χ4n) is 1.20. The van der Waals surface area contributed by atoms with Crippen LogP contribution in [0.3, 0.4) is 0 Å². The first kappa shape index (κ1) is 12.9. The van der Waals surface area contributed by atoms with Crippen LogP contribution in [0, 0.1) is 0 Å². The molecule has 1 aromatic heterocycles. The Morgan fingerprint density at radius 1 is 1.31 bits per heavy atom. The van der Waals surface area contributed by atoms with Crippen LogP contribution < -0.4 is 10.5 Å². The summed E-state index contributed by atoms with van der Waals surface area (Å²) < 4.78 is 10.7. The van der Waals surface area contributed by atoms with E-state index in [-0.39, 0.29) is 6.04 Å². The molecule has 4 nitrogen and oxygen atoms in total. The van der Waals surface area contributed by atoms with Gasteiger partial charge in [-0.15, -0.1) is 0 Å².